The Balaban J connectivity index is 2.18. The predicted molar refractivity (Wildman–Crippen MR) is 88.5 cm³/mol. The molecule has 0 aromatic heterocycles. The van der Waals surface area contributed by atoms with Crippen LogP contribution in [0, 0.1) is 11.8 Å². The molecule has 0 radical (unpaired) electrons. The monoisotopic (exact) mass is 297 g/mol. The van der Waals surface area contributed by atoms with E-state index in [-0.39, 0.29) is 4.75 Å². The SMILES string of the molecule is CC(C)(C)S(=O)N=C(C1CCCCC1)C1CCCCC1. The third-order valence-electron chi connectivity index (χ3n) is 4.76. The van der Waals surface area contributed by atoms with Crippen LogP contribution < -0.4 is 0 Å². The van der Waals surface area contributed by atoms with Crippen LogP contribution in [-0.2, 0) is 11.0 Å². The van der Waals surface area contributed by atoms with Gasteiger partial charge in [-0.3, -0.25) is 0 Å². The number of nitrogens with zero attached hydrogens (tertiary/aromatic N) is 1. The maximum Gasteiger partial charge on any atom is 0.144 e. The molecule has 0 bridgehead atoms. The zero-order chi connectivity index (χ0) is 14.6. The van der Waals surface area contributed by atoms with Gasteiger partial charge in [-0.2, -0.15) is 4.40 Å². The fourth-order valence-corrected chi connectivity index (χ4v) is 4.28. The summed E-state index contributed by atoms with van der Waals surface area (Å²) in [5.74, 6) is 1.25. The first-order valence-electron chi connectivity index (χ1n) is 8.49. The van der Waals surface area contributed by atoms with Crippen LogP contribution in [0.15, 0.2) is 4.40 Å². The first-order valence-corrected chi connectivity index (χ1v) is 9.59. The summed E-state index contributed by atoms with van der Waals surface area (Å²) in [5.41, 5.74) is 1.33. The molecule has 20 heavy (non-hydrogen) atoms. The van der Waals surface area contributed by atoms with Crippen molar-refractivity contribution in [3.05, 3.63) is 0 Å². The largest absolute Gasteiger partial charge is 0.234 e. The highest BCUT2D eigenvalue weighted by molar-refractivity contribution is 7.85. The van der Waals surface area contributed by atoms with Crippen LogP contribution in [0.1, 0.15) is 85.0 Å². The van der Waals surface area contributed by atoms with Crippen LogP contribution in [0.5, 0.6) is 0 Å². The molecule has 0 aromatic rings. The van der Waals surface area contributed by atoms with Crippen LogP contribution in [0.2, 0.25) is 0 Å². The van der Waals surface area contributed by atoms with E-state index in [4.69, 9.17) is 4.40 Å². The van der Waals surface area contributed by atoms with E-state index in [9.17, 15) is 4.21 Å². The van der Waals surface area contributed by atoms with E-state index >= 15 is 0 Å². The molecule has 0 heterocycles. The molecule has 0 amide bonds. The maximum absolute atomic E-state index is 12.5. The molecule has 0 aliphatic heterocycles. The van der Waals surface area contributed by atoms with Crippen molar-refractivity contribution in [3.63, 3.8) is 0 Å². The molecule has 2 aliphatic carbocycles. The van der Waals surface area contributed by atoms with Gasteiger partial charge >= 0.3 is 0 Å². The van der Waals surface area contributed by atoms with E-state index in [1.807, 2.05) is 20.8 Å². The lowest BCUT2D eigenvalue weighted by molar-refractivity contribution is 0.388. The molecule has 2 saturated carbocycles. The van der Waals surface area contributed by atoms with Crippen LogP contribution in [0.3, 0.4) is 0 Å². The summed E-state index contributed by atoms with van der Waals surface area (Å²) in [7, 11) is -1.08. The summed E-state index contributed by atoms with van der Waals surface area (Å²) < 4.78 is 17.0. The molecule has 2 rings (SSSR count). The van der Waals surface area contributed by atoms with Gasteiger partial charge in [0.05, 0.1) is 4.75 Å². The molecule has 1 atom stereocenters. The highest BCUT2D eigenvalue weighted by Crippen LogP contribution is 2.34. The summed E-state index contributed by atoms with van der Waals surface area (Å²) in [6, 6.07) is 0. The molecular weight excluding hydrogens is 266 g/mol. The van der Waals surface area contributed by atoms with Crippen molar-refractivity contribution in [3.8, 4) is 0 Å². The normalized spacial score (nSPS) is 24.4. The Kier molecular flexibility index (Phi) is 5.83. The highest BCUT2D eigenvalue weighted by Gasteiger charge is 2.29. The third kappa shape index (κ3) is 4.41. The van der Waals surface area contributed by atoms with E-state index < -0.39 is 11.0 Å². The number of rotatable bonds is 3. The Morgan fingerprint density at radius 2 is 1.25 bits per heavy atom. The van der Waals surface area contributed by atoms with Crippen molar-refractivity contribution in [1.29, 1.82) is 0 Å². The molecule has 0 aromatic carbocycles. The minimum absolute atomic E-state index is 0.228. The number of hydrogen-bond acceptors (Lipinski definition) is 1. The van der Waals surface area contributed by atoms with Gasteiger partial charge in [-0.05, 0) is 58.3 Å². The predicted octanol–water partition coefficient (Wildman–Crippen LogP) is 5.05. The fraction of sp³-hybridized carbons (Fsp3) is 0.941. The standard InChI is InChI=1S/C17H31NOS/c1-17(2,3)20(19)18-16(14-10-6-4-7-11-14)15-12-8-5-9-13-15/h14-15H,4-13H2,1-3H3. The van der Waals surface area contributed by atoms with Gasteiger partial charge in [0.1, 0.15) is 11.0 Å². The second kappa shape index (κ2) is 7.20. The molecule has 0 N–H and O–H groups in total. The zero-order valence-corrected chi connectivity index (χ0v) is 14.3. The van der Waals surface area contributed by atoms with Gasteiger partial charge < -0.3 is 0 Å². The molecule has 3 heteroatoms. The summed E-state index contributed by atoms with van der Waals surface area (Å²) in [6.45, 7) is 6.10. The second-order valence-corrected chi connectivity index (χ2v) is 9.45. The lowest BCUT2D eigenvalue weighted by Crippen LogP contribution is -2.30. The Morgan fingerprint density at radius 1 is 0.850 bits per heavy atom. The lowest BCUT2D eigenvalue weighted by Gasteiger charge is -2.31. The molecule has 0 spiro atoms. The molecule has 2 nitrogen and oxygen atoms in total. The van der Waals surface area contributed by atoms with Crippen molar-refractivity contribution in [2.75, 3.05) is 0 Å². The summed E-state index contributed by atoms with van der Waals surface area (Å²) in [4.78, 5) is 0. The van der Waals surface area contributed by atoms with Gasteiger partial charge in [0, 0.05) is 5.71 Å². The van der Waals surface area contributed by atoms with Crippen molar-refractivity contribution >= 4 is 16.7 Å². The highest BCUT2D eigenvalue weighted by atomic mass is 32.2. The van der Waals surface area contributed by atoms with Crippen LogP contribution >= 0.6 is 0 Å². The Bertz CT molecular complexity index is 338. The molecule has 2 aliphatic rings. The minimum atomic E-state index is -1.08. The molecule has 1 unspecified atom stereocenters. The van der Waals surface area contributed by atoms with Gasteiger partial charge in [0.15, 0.2) is 0 Å². The van der Waals surface area contributed by atoms with Gasteiger partial charge in [0.25, 0.3) is 0 Å². The van der Waals surface area contributed by atoms with Gasteiger partial charge in [-0.25, -0.2) is 4.21 Å². The van der Waals surface area contributed by atoms with Crippen LogP contribution in [0.25, 0.3) is 0 Å². The maximum atomic E-state index is 12.5. The van der Waals surface area contributed by atoms with E-state index in [1.54, 1.807) is 0 Å². The van der Waals surface area contributed by atoms with Gasteiger partial charge in [0.2, 0.25) is 0 Å². The summed E-state index contributed by atoms with van der Waals surface area (Å²) >= 11 is 0. The minimum Gasteiger partial charge on any atom is -0.234 e. The Hall–Kier alpha value is -0.180. The Labute approximate surface area is 127 Å². The van der Waals surface area contributed by atoms with Crippen molar-refractivity contribution in [2.24, 2.45) is 16.2 Å². The van der Waals surface area contributed by atoms with Crippen LogP contribution in [0.4, 0.5) is 0 Å². The fourth-order valence-electron chi connectivity index (χ4n) is 3.51. The second-order valence-electron chi connectivity index (χ2n) is 7.55. The topological polar surface area (TPSA) is 29.4 Å². The molecular formula is C17H31NOS. The number of hydrogen-bond donors (Lipinski definition) is 0. The summed E-state index contributed by atoms with van der Waals surface area (Å²) in [5, 5.41) is 0. The van der Waals surface area contributed by atoms with Crippen molar-refractivity contribution < 1.29 is 4.21 Å². The first-order chi connectivity index (χ1) is 9.48. The molecule has 2 fully saturated rings. The first kappa shape index (κ1) is 16.2. The van der Waals surface area contributed by atoms with E-state index in [1.165, 1.54) is 69.9 Å². The van der Waals surface area contributed by atoms with Gasteiger partial charge in [-0.15, -0.1) is 0 Å². The molecule has 116 valence electrons. The quantitative estimate of drug-likeness (QED) is 0.670. The molecule has 0 saturated heterocycles. The average molecular weight is 298 g/mol. The third-order valence-corrected chi connectivity index (χ3v) is 6.18. The Morgan fingerprint density at radius 3 is 1.60 bits per heavy atom. The van der Waals surface area contributed by atoms with Crippen LogP contribution in [-0.4, -0.2) is 14.7 Å². The van der Waals surface area contributed by atoms with E-state index in [0.29, 0.717) is 11.8 Å². The average Bonchev–Trinajstić information content (AvgIpc) is 2.45. The lowest BCUT2D eigenvalue weighted by atomic mass is 9.76. The smallest absolute Gasteiger partial charge is 0.144 e. The summed E-state index contributed by atoms with van der Waals surface area (Å²) in [6.07, 6.45) is 13.2. The van der Waals surface area contributed by atoms with Crippen molar-refractivity contribution in [1.82, 2.24) is 0 Å². The zero-order valence-electron chi connectivity index (χ0n) is 13.5. The van der Waals surface area contributed by atoms with Gasteiger partial charge in [-0.1, -0.05) is 38.5 Å². The van der Waals surface area contributed by atoms with E-state index in [0.717, 1.165) is 0 Å². The van der Waals surface area contributed by atoms with E-state index in [2.05, 4.69) is 0 Å². The van der Waals surface area contributed by atoms with Crippen molar-refractivity contribution in [2.45, 2.75) is 89.7 Å².